The van der Waals surface area contributed by atoms with E-state index in [4.69, 9.17) is 11.6 Å². The topological polar surface area (TPSA) is 161 Å². The highest BCUT2D eigenvalue weighted by molar-refractivity contribution is 6.30. The molecule has 0 unspecified atom stereocenters. The van der Waals surface area contributed by atoms with Crippen LogP contribution in [0.2, 0.25) is 5.02 Å². The first-order chi connectivity index (χ1) is 14.4. The average molecular weight is 431 g/mol. The Labute approximate surface area is 174 Å². The standard InChI is InChI=1S/C17H15ClN8O4/c18-11-1-3-12(4-2-11)23-17-22-10-14(26(29)30)16(24-17)21-8-7-20-15-9-13(25(27)28)5-6-19-15/h1-6,9-10H,7-8H2,(H,19,20)(H2,21,22,23,24). The van der Waals surface area contributed by atoms with Gasteiger partial charge in [-0.05, 0) is 24.3 Å². The quantitative estimate of drug-likeness (QED) is 0.259. The molecule has 0 bridgehead atoms. The van der Waals surface area contributed by atoms with E-state index in [2.05, 4.69) is 30.9 Å². The Balaban J connectivity index is 1.64. The molecular formula is C17H15ClN8O4. The molecule has 0 saturated heterocycles. The van der Waals surface area contributed by atoms with Crippen LogP contribution in [-0.4, -0.2) is 37.9 Å². The van der Waals surface area contributed by atoms with Crippen LogP contribution in [0.5, 0.6) is 0 Å². The van der Waals surface area contributed by atoms with E-state index < -0.39 is 9.85 Å². The van der Waals surface area contributed by atoms with E-state index in [0.717, 1.165) is 6.20 Å². The number of nitrogens with zero attached hydrogens (tertiary/aromatic N) is 5. The number of benzene rings is 1. The van der Waals surface area contributed by atoms with Gasteiger partial charge in [0.25, 0.3) is 5.69 Å². The number of nitrogens with one attached hydrogen (secondary N) is 3. The highest BCUT2D eigenvalue weighted by atomic mass is 35.5. The van der Waals surface area contributed by atoms with Crippen LogP contribution in [0.25, 0.3) is 0 Å². The smallest absolute Gasteiger partial charge is 0.329 e. The van der Waals surface area contributed by atoms with Crippen LogP contribution in [-0.2, 0) is 0 Å². The van der Waals surface area contributed by atoms with Crippen LogP contribution in [0, 0.1) is 20.2 Å². The van der Waals surface area contributed by atoms with Gasteiger partial charge in [0.05, 0.1) is 15.9 Å². The molecule has 0 radical (unpaired) electrons. The summed E-state index contributed by atoms with van der Waals surface area (Å²) in [6.45, 7) is 0.526. The van der Waals surface area contributed by atoms with Gasteiger partial charge in [-0.2, -0.15) is 4.98 Å². The van der Waals surface area contributed by atoms with Crippen molar-refractivity contribution in [3.63, 3.8) is 0 Å². The summed E-state index contributed by atoms with van der Waals surface area (Å²) in [7, 11) is 0. The van der Waals surface area contributed by atoms with Crippen molar-refractivity contribution in [2.45, 2.75) is 0 Å². The Morgan fingerprint density at radius 1 is 0.967 bits per heavy atom. The van der Waals surface area contributed by atoms with Crippen LogP contribution in [0.15, 0.2) is 48.8 Å². The van der Waals surface area contributed by atoms with Gasteiger partial charge in [0.15, 0.2) is 0 Å². The van der Waals surface area contributed by atoms with E-state index in [1.165, 1.54) is 18.3 Å². The van der Waals surface area contributed by atoms with Gasteiger partial charge in [-0.15, -0.1) is 0 Å². The van der Waals surface area contributed by atoms with Gasteiger partial charge < -0.3 is 16.0 Å². The Kier molecular flexibility index (Phi) is 6.49. The second-order valence-electron chi connectivity index (χ2n) is 5.83. The predicted molar refractivity (Wildman–Crippen MR) is 111 cm³/mol. The summed E-state index contributed by atoms with van der Waals surface area (Å²) in [5, 5.41) is 31.3. The maximum Gasteiger partial charge on any atom is 0.329 e. The van der Waals surface area contributed by atoms with Gasteiger partial charge >= 0.3 is 5.69 Å². The van der Waals surface area contributed by atoms with E-state index >= 15 is 0 Å². The number of nitro groups is 2. The molecule has 3 N–H and O–H groups in total. The third kappa shape index (κ3) is 5.48. The number of halogens is 1. The molecule has 0 atom stereocenters. The van der Waals surface area contributed by atoms with Crippen molar-refractivity contribution in [2.24, 2.45) is 0 Å². The van der Waals surface area contributed by atoms with Gasteiger partial charge in [0.1, 0.15) is 12.0 Å². The van der Waals surface area contributed by atoms with E-state index in [1.807, 2.05) is 0 Å². The predicted octanol–water partition coefficient (Wildman–Crippen LogP) is 3.61. The van der Waals surface area contributed by atoms with Crippen molar-refractivity contribution in [3.8, 4) is 0 Å². The molecule has 13 heteroatoms. The normalized spacial score (nSPS) is 10.3. The molecule has 0 fully saturated rings. The fourth-order valence-electron chi connectivity index (χ4n) is 2.36. The summed E-state index contributed by atoms with van der Waals surface area (Å²) in [6.07, 6.45) is 2.42. The molecule has 0 saturated carbocycles. The van der Waals surface area contributed by atoms with Crippen molar-refractivity contribution in [1.29, 1.82) is 0 Å². The second kappa shape index (κ2) is 9.43. The lowest BCUT2D eigenvalue weighted by molar-refractivity contribution is -0.384. The zero-order valence-corrected chi connectivity index (χ0v) is 16.0. The first kappa shape index (κ1) is 20.7. The lowest BCUT2D eigenvalue weighted by Gasteiger charge is -2.10. The molecular weight excluding hydrogens is 416 g/mol. The Morgan fingerprint density at radius 2 is 1.70 bits per heavy atom. The van der Waals surface area contributed by atoms with Gasteiger partial charge in [-0.3, -0.25) is 20.2 Å². The van der Waals surface area contributed by atoms with Crippen molar-refractivity contribution >= 4 is 46.2 Å². The minimum atomic E-state index is -0.593. The summed E-state index contributed by atoms with van der Waals surface area (Å²) in [5.74, 6) is 0.507. The Hall–Kier alpha value is -4.06. The number of aromatic nitrogens is 3. The molecule has 1 aromatic carbocycles. The van der Waals surface area contributed by atoms with E-state index in [1.54, 1.807) is 24.3 Å². The maximum absolute atomic E-state index is 11.2. The maximum atomic E-state index is 11.2. The number of pyridine rings is 1. The molecule has 3 rings (SSSR count). The second-order valence-corrected chi connectivity index (χ2v) is 6.26. The minimum Gasteiger partial charge on any atom is -0.368 e. The third-order valence-electron chi connectivity index (χ3n) is 3.74. The van der Waals surface area contributed by atoms with Crippen LogP contribution in [0.3, 0.4) is 0 Å². The summed E-state index contributed by atoms with van der Waals surface area (Å²) < 4.78 is 0. The fraction of sp³-hybridized carbons (Fsp3) is 0.118. The van der Waals surface area contributed by atoms with Crippen molar-refractivity contribution in [3.05, 3.63) is 74.0 Å². The SMILES string of the molecule is O=[N+]([O-])c1ccnc(NCCNc2nc(Nc3ccc(Cl)cc3)ncc2[N+](=O)[O-])c1. The van der Waals surface area contributed by atoms with Crippen LogP contribution in [0.4, 0.5) is 34.6 Å². The third-order valence-corrected chi connectivity index (χ3v) is 4.00. The van der Waals surface area contributed by atoms with Crippen LogP contribution >= 0.6 is 11.6 Å². The zero-order chi connectivity index (χ0) is 21.5. The highest BCUT2D eigenvalue weighted by Gasteiger charge is 2.17. The van der Waals surface area contributed by atoms with Crippen molar-refractivity contribution < 1.29 is 9.85 Å². The molecule has 2 aromatic heterocycles. The van der Waals surface area contributed by atoms with E-state index in [-0.39, 0.29) is 36.2 Å². The Morgan fingerprint density at radius 3 is 2.40 bits per heavy atom. The van der Waals surface area contributed by atoms with E-state index in [0.29, 0.717) is 16.5 Å². The summed E-state index contributed by atoms with van der Waals surface area (Å²) in [5.41, 5.74) is 0.285. The fourth-order valence-corrected chi connectivity index (χ4v) is 2.49. The van der Waals surface area contributed by atoms with Gasteiger partial charge in [-0.25, -0.2) is 9.97 Å². The first-order valence-corrected chi connectivity index (χ1v) is 8.92. The molecule has 30 heavy (non-hydrogen) atoms. The van der Waals surface area contributed by atoms with Gasteiger partial charge in [0, 0.05) is 36.1 Å². The largest absolute Gasteiger partial charge is 0.368 e. The lowest BCUT2D eigenvalue weighted by atomic mass is 10.3. The van der Waals surface area contributed by atoms with Crippen molar-refractivity contribution in [2.75, 3.05) is 29.0 Å². The first-order valence-electron chi connectivity index (χ1n) is 8.54. The number of rotatable bonds is 9. The van der Waals surface area contributed by atoms with Gasteiger partial charge in [-0.1, -0.05) is 11.6 Å². The molecule has 0 aliphatic heterocycles. The van der Waals surface area contributed by atoms with Crippen molar-refractivity contribution in [1.82, 2.24) is 15.0 Å². The minimum absolute atomic E-state index is 0.0280. The number of hydrogen-bond donors (Lipinski definition) is 3. The van der Waals surface area contributed by atoms with Gasteiger partial charge in [0.2, 0.25) is 11.8 Å². The summed E-state index contributed by atoms with van der Waals surface area (Å²) in [6, 6.07) is 9.38. The molecule has 0 spiro atoms. The molecule has 2 heterocycles. The Bertz CT molecular complexity index is 1060. The van der Waals surface area contributed by atoms with E-state index in [9.17, 15) is 20.2 Å². The van der Waals surface area contributed by atoms with Crippen LogP contribution in [0.1, 0.15) is 0 Å². The summed E-state index contributed by atoms with van der Waals surface area (Å²) in [4.78, 5) is 33.0. The number of anilines is 4. The average Bonchev–Trinajstić information content (AvgIpc) is 2.73. The molecule has 154 valence electrons. The molecule has 0 aliphatic carbocycles. The van der Waals surface area contributed by atoms with Crippen LogP contribution < -0.4 is 16.0 Å². The zero-order valence-electron chi connectivity index (χ0n) is 15.3. The monoisotopic (exact) mass is 430 g/mol. The molecule has 12 nitrogen and oxygen atoms in total. The summed E-state index contributed by atoms with van der Waals surface area (Å²) >= 11 is 5.85. The highest BCUT2D eigenvalue weighted by Crippen LogP contribution is 2.24. The number of hydrogen-bond acceptors (Lipinski definition) is 10. The molecule has 0 amide bonds. The lowest BCUT2D eigenvalue weighted by Crippen LogP contribution is -2.16. The molecule has 3 aromatic rings. The molecule has 0 aliphatic rings.